The summed E-state index contributed by atoms with van der Waals surface area (Å²) in [7, 11) is -3.65. The van der Waals surface area contributed by atoms with E-state index in [4.69, 9.17) is 4.74 Å². The maximum absolute atomic E-state index is 13.1. The zero-order valence-corrected chi connectivity index (χ0v) is 18.5. The van der Waals surface area contributed by atoms with Crippen molar-refractivity contribution in [2.24, 2.45) is 0 Å². The Morgan fingerprint density at radius 1 is 1.13 bits per heavy atom. The van der Waals surface area contributed by atoms with Gasteiger partial charge in [-0.2, -0.15) is 4.31 Å². The van der Waals surface area contributed by atoms with E-state index in [0.717, 1.165) is 30.4 Å². The van der Waals surface area contributed by atoms with Crippen LogP contribution in [-0.2, 0) is 21.2 Å². The number of nitrogens with zero attached hydrogens (tertiary/aromatic N) is 1. The molecule has 0 aromatic heterocycles. The second-order valence-corrected chi connectivity index (χ2v) is 9.58. The van der Waals surface area contributed by atoms with Crippen LogP contribution in [0, 0.1) is 6.92 Å². The van der Waals surface area contributed by atoms with Crippen molar-refractivity contribution in [2.45, 2.75) is 44.0 Å². The van der Waals surface area contributed by atoms with E-state index in [-0.39, 0.29) is 16.8 Å². The molecule has 30 heavy (non-hydrogen) atoms. The minimum absolute atomic E-state index is 0.0104. The number of rotatable bonds is 8. The van der Waals surface area contributed by atoms with Gasteiger partial charge in [-0.05, 0) is 43.0 Å². The molecule has 1 fully saturated rings. The SMILES string of the molecule is CCCC(Cc1ccccc1)NC(=O)c1cc(S(=O)(=O)N2CCOCC2)ccc1C. The monoisotopic (exact) mass is 430 g/mol. The van der Waals surface area contributed by atoms with Gasteiger partial charge in [0.05, 0.1) is 18.1 Å². The molecular weight excluding hydrogens is 400 g/mol. The Hall–Kier alpha value is -2.22. The lowest BCUT2D eigenvalue weighted by atomic mass is 10.0. The number of carbonyl (C=O) groups is 1. The number of hydrogen-bond donors (Lipinski definition) is 1. The van der Waals surface area contributed by atoms with Crippen LogP contribution in [0.5, 0.6) is 0 Å². The van der Waals surface area contributed by atoms with Gasteiger partial charge in [0, 0.05) is 24.7 Å². The molecule has 162 valence electrons. The number of hydrogen-bond acceptors (Lipinski definition) is 4. The molecule has 1 N–H and O–H groups in total. The highest BCUT2D eigenvalue weighted by molar-refractivity contribution is 7.89. The van der Waals surface area contributed by atoms with Gasteiger partial charge in [0.1, 0.15) is 0 Å². The van der Waals surface area contributed by atoms with Crippen LogP contribution in [0.1, 0.15) is 41.3 Å². The summed E-state index contributed by atoms with van der Waals surface area (Å²) in [4.78, 5) is 13.2. The van der Waals surface area contributed by atoms with Gasteiger partial charge >= 0.3 is 0 Å². The second-order valence-electron chi connectivity index (χ2n) is 7.64. The summed E-state index contributed by atoms with van der Waals surface area (Å²) in [6, 6.07) is 14.8. The van der Waals surface area contributed by atoms with Crippen molar-refractivity contribution in [2.75, 3.05) is 26.3 Å². The van der Waals surface area contributed by atoms with Crippen molar-refractivity contribution in [1.29, 1.82) is 0 Å². The number of nitrogens with one attached hydrogen (secondary N) is 1. The van der Waals surface area contributed by atoms with E-state index >= 15 is 0 Å². The van der Waals surface area contributed by atoms with Crippen molar-refractivity contribution in [3.8, 4) is 0 Å². The third-order valence-corrected chi connectivity index (χ3v) is 7.25. The molecule has 7 heteroatoms. The number of amides is 1. The van der Waals surface area contributed by atoms with Crippen LogP contribution in [0.4, 0.5) is 0 Å². The Labute approximate surface area is 179 Å². The first kappa shape index (κ1) is 22.5. The van der Waals surface area contributed by atoms with Crippen LogP contribution in [-0.4, -0.2) is 51.0 Å². The first-order valence-corrected chi connectivity index (χ1v) is 11.9. The van der Waals surface area contributed by atoms with Gasteiger partial charge in [0.15, 0.2) is 0 Å². The number of benzene rings is 2. The zero-order valence-electron chi connectivity index (χ0n) is 17.6. The molecule has 0 saturated carbocycles. The molecule has 0 radical (unpaired) electrons. The molecule has 6 nitrogen and oxygen atoms in total. The van der Waals surface area contributed by atoms with Crippen LogP contribution in [0.2, 0.25) is 0 Å². The van der Waals surface area contributed by atoms with E-state index in [1.54, 1.807) is 12.1 Å². The average Bonchev–Trinajstić information content (AvgIpc) is 2.75. The van der Waals surface area contributed by atoms with E-state index in [0.29, 0.717) is 31.9 Å². The Morgan fingerprint density at radius 3 is 2.50 bits per heavy atom. The van der Waals surface area contributed by atoms with Gasteiger partial charge in [0.2, 0.25) is 10.0 Å². The molecule has 1 aliphatic heterocycles. The zero-order chi connectivity index (χ0) is 21.6. The largest absolute Gasteiger partial charge is 0.379 e. The summed E-state index contributed by atoms with van der Waals surface area (Å²) in [6.07, 6.45) is 2.54. The number of morpholine rings is 1. The van der Waals surface area contributed by atoms with E-state index < -0.39 is 10.0 Å². The van der Waals surface area contributed by atoms with Gasteiger partial charge in [-0.15, -0.1) is 0 Å². The lowest BCUT2D eigenvalue weighted by molar-refractivity contribution is 0.0730. The molecule has 1 heterocycles. The molecule has 1 amide bonds. The highest BCUT2D eigenvalue weighted by Crippen LogP contribution is 2.21. The van der Waals surface area contributed by atoms with Crippen molar-refractivity contribution < 1.29 is 17.9 Å². The standard InChI is InChI=1S/C23H30N2O4S/c1-3-7-20(16-19-8-5-4-6-9-19)24-23(26)22-17-21(11-10-18(22)2)30(27,28)25-12-14-29-15-13-25/h4-6,8-11,17,20H,3,7,12-16H2,1-2H3,(H,24,26). The molecule has 0 spiro atoms. The molecule has 2 aromatic carbocycles. The molecule has 1 atom stereocenters. The van der Waals surface area contributed by atoms with Gasteiger partial charge in [-0.1, -0.05) is 49.7 Å². The smallest absolute Gasteiger partial charge is 0.251 e. The fraction of sp³-hybridized carbons (Fsp3) is 0.435. The quantitative estimate of drug-likeness (QED) is 0.698. The predicted octanol–water partition coefficient (Wildman–Crippen LogP) is 3.16. The first-order valence-electron chi connectivity index (χ1n) is 10.4. The Morgan fingerprint density at radius 2 is 1.83 bits per heavy atom. The summed E-state index contributed by atoms with van der Waals surface area (Å²) in [5, 5.41) is 3.11. The van der Waals surface area contributed by atoms with Crippen molar-refractivity contribution in [3.63, 3.8) is 0 Å². The lowest BCUT2D eigenvalue weighted by Gasteiger charge is -2.26. The van der Waals surface area contributed by atoms with E-state index in [2.05, 4.69) is 24.4 Å². The summed E-state index contributed by atoms with van der Waals surface area (Å²) >= 11 is 0. The van der Waals surface area contributed by atoms with Crippen LogP contribution >= 0.6 is 0 Å². The molecule has 1 unspecified atom stereocenters. The van der Waals surface area contributed by atoms with Crippen molar-refractivity contribution in [1.82, 2.24) is 9.62 Å². The van der Waals surface area contributed by atoms with E-state index in [1.165, 1.54) is 10.4 Å². The molecule has 2 aromatic rings. The number of sulfonamides is 1. The van der Waals surface area contributed by atoms with Crippen LogP contribution in [0.25, 0.3) is 0 Å². The molecular formula is C23H30N2O4S. The van der Waals surface area contributed by atoms with Crippen molar-refractivity contribution >= 4 is 15.9 Å². The molecule has 3 rings (SSSR count). The average molecular weight is 431 g/mol. The molecule has 1 aliphatic rings. The lowest BCUT2D eigenvalue weighted by Crippen LogP contribution is -2.41. The fourth-order valence-corrected chi connectivity index (χ4v) is 5.11. The summed E-state index contributed by atoms with van der Waals surface area (Å²) in [5.74, 6) is -0.235. The molecule has 0 aliphatic carbocycles. The second kappa shape index (κ2) is 10.2. The summed E-state index contributed by atoms with van der Waals surface area (Å²) in [6.45, 7) is 5.34. The van der Waals surface area contributed by atoms with Crippen LogP contribution in [0.15, 0.2) is 53.4 Å². The number of carbonyl (C=O) groups excluding carboxylic acids is 1. The third kappa shape index (κ3) is 5.47. The topological polar surface area (TPSA) is 75.7 Å². The van der Waals surface area contributed by atoms with Crippen LogP contribution < -0.4 is 5.32 Å². The minimum Gasteiger partial charge on any atom is -0.379 e. The Kier molecular flexibility index (Phi) is 7.64. The third-order valence-electron chi connectivity index (χ3n) is 5.36. The Balaban J connectivity index is 1.79. The normalized spacial score (nSPS) is 16.2. The van der Waals surface area contributed by atoms with E-state index in [1.807, 2.05) is 25.1 Å². The maximum atomic E-state index is 13.1. The van der Waals surface area contributed by atoms with Crippen molar-refractivity contribution in [3.05, 3.63) is 65.2 Å². The maximum Gasteiger partial charge on any atom is 0.251 e. The summed E-state index contributed by atoms with van der Waals surface area (Å²) < 4.78 is 32.6. The van der Waals surface area contributed by atoms with E-state index in [9.17, 15) is 13.2 Å². The van der Waals surface area contributed by atoms with Gasteiger partial charge in [-0.25, -0.2) is 8.42 Å². The highest BCUT2D eigenvalue weighted by Gasteiger charge is 2.27. The minimum atomic E-state index is -3.65. The number of aryl methyl sites for hydroxylation is 1. The van der Waals surface area contributed by atoms with Gasteiger partial charge < -0.3 is 10.1 Å². The predicted molar refractivity (Wildman–Crippen MR) is 117 cm³/mol. The van der Waals surface area contributed by atoms with Crippen LogP contribution in [0.3, 0.4) is 0 Å². The molecule has 1 saturated heterocycles. The molecule has 0 bridgehead atoms. The summed E-state index contributed by atoms with van der Waals surface area (Å²) in [5.41, 5.74) is 2.32. The number of ether oxygens (including phenoxy) is 1. The Bertz CT molecular complexity index is 954. The first-order chi connectivity index (χ1) is 14.4. The van der Waals surface area contributed by atoms with Gasteiger partial charge in [-0.3, -0.25) is 4.79 Å². The highest BCUT2D eigenvalue weighted by atomic mass is 32.2. The van der Waals surface area contributed by atoms with Gasteiger partial charge in [0.25, 0.3) is 5.91 Å². The fourth-order valence-electron chi connectivity index (χ4n) is 3.68.